The Bertz CT molecular complexity index is 285. The minimum absolute atomic E-state index is 0.318. The number of carbonyl (C=O) groups is 2. The third kappa shape index (κ3) is 8.68. The van der Waals surface area contributed by atoms with E-state index in [1.807, 2.05) is 39.0 Å². The van der Waals surface area contributed by atoms with Crippen molar-refractivity contribution in [2.45, 2.75) is 26.4 Å². The van der Waals surface area contributed by atoms with Gasteiger partial charge in [-0.25, -0.2) is 0 Å². The molecule has 1 aromatic carbocycles. The van der Waals surface area contributed by atoms with E-state index in [-0.39, 0.29) is 5.60 Å². The van der Waals surface area contributed by atoms with Gasteiger partial charge in [-0.05, 0) is 20.8 Å². The molecule has 15 heavy (non-hydrogen) atoms. The highest BCUT2D eigenvalue weighted by molar-refractivity contribution is 5.74. The van der Waals surface area contributed by atoms with Crippen molar-refractivity contribution in [3.8, 4) is 0 Å². The lowest BCUT2D eigenvalue weighted by atomic mass is 10.2. The smallest absolute Gasteiger partial charge is 0.293 e. The van der Waals surface area contributed by atoms with Crippen molar-refractivity contribution in [2.75, 3.05) is 0 Å². The highest BCUT2D eigenvalue weighted by Gasteiger charge is 2.07. The highest BCUT2D eigenvalue weighted by atomic mass is 16.5. The summed E-state index contributed by atoms with van der Waals surface area (Å²) in [6.07, 6.45) is 0.833. The van der Waals surface area contributed by atoms with E-state index in [0.29, 0.717) is 6.47 Å². The molecule has 0 aliphatic heterocycles. The van der Waals surface area contributed by atoms with Crippen LogP contribution in [0.2, 0.25) is 0 Å². The van der Waals surface area contributed by atoms with Gasteiger partial charge in [0, 0.05) is 5.56 Å². The quantitative estimate of drug-likeness (QED) is 0.701. The Balaban J connectivity index is 0.000000265. The Morgan fingerprint density at radius 3 is 1.80 bits per heavy atom. The Kier molecular flexibility index (Phi) is 6.02. The van der Waals surface area contributed by atoms with Crippen LogP contribution in [0.5, 0.6) is 0 Å². The van der Waals surface area contributed by atoms with Gasteiger partial charge in [0.15, 0.2) is 0 Å². The zero-order chi connectivity index (χ0) is 11.7. The lowest BCUT2D eigenvalue weighted by Gasteiger charge is -2.14. The molecule has 3 nitrogen and oxygen atoms in total. The first-order valence-corrected chi connectivity index (χ1v) is 4.61. The van der Waals surface area contributed by atoms with Crippen LogP contribution >= 0.6 is 0 Å². The van der Waals surface area contributed by atoms with Gasteiger partial charge >= 0.3 is 0 Å². The molecule has 0 spiro atoms. The van der Waals surface area contributed by atoms with Crippen molar-refractivity contribution in [3.63, 3.8) is 0 Å². The van der Waals surface area contributed by atoms with Crippen LogP contribution in [0, 0.1) is 0 Å². The van der Waals surface area contributed by atoms with Crippen LogP contribution in [0.1, 0.15) is 31.1 Å². The molecule has 0 N–H and O–H groups in total. The summed E-state index contributed by atoms with van der Waals surface area (Å²) in [7, 11) is 0. The average Bonchev–Trinajstić information content (AvgIpc) is 2.18. The monoisotopic (exact) mass is 208 g/mol. The minimum Gasteiger partial charge on any atom is -0.462 e. The summed E-state index contributed by atoms with van der Waals surface area (Å²) in [6, 6.07) is 9.10. The maximum Gasteiger partial charge on any atom is 0.293 e. The van der Waals surface area contributed by atoms with Gasteiger partial charge < -0.3 is 4.74 Å². The predicted molar refractivity (Wildman–Crippen MR) is 58.7 cm³/mol. The number of benzene rings is 1. The van der Waals surface area contributed by atoms with Crippen molar-refractivity contribution < 1.29 is 14.3 Å². The second-order valence-electron chi connectivity index (χ2n) is 3.85. The molecule has 0 aromatic heterocycles. The molecule has 0 amide bonds. The Hall–Kier alpha value is -1.64. The van der Waals surface area contributed by atoms with Crippen molar-refractivity contribution >= 4 is 12.8 Å². The highest BCUT2D eigenvalue weighted by Crippen LogP contribution is 2.02. The fourth-order valence-corrected chi connectivity index (χ4v) is 0.676. The van der Waals surface area contributed by atoms with E-state index >= 15 is 0 Å². The van der Waals surface area contributed by atoms with Crippen LogP contribution in [0.15, 0.2) is 30.3 Å². The van der Waals surface area contributed by atoms with E-state index in [0.717, 1.165) is 11.8 Å². The van der Waals surface area contributed by atoms with Crippen LogP contribution in [0.4, 0.5) is 0 Å². The lowest BCUT2D eigenvalue weighted by molar-refractivity contribution is -0.138. The molecule has 0 heterocycles. The maximum absolute atomic E-state index is 10.0. The number of carbonyl (C=O) groups excluding carboxylic acids is 2. The summed E-state index contributed by atoms with van der Waals surface area (Å²) < 4.78 is 4.55. The molecular weight excluding hydrogens is 192 g/mol. The van der Waals surface area contributed by atoms with Crippen molar-refractivity contribution in [1.29, 1.82) is 0 Å². The molecule has 0 unspecified atom stereocenters. The topological polar surface area (TPSA) is 43.4 Å². The zero-order valence-electron chi connectivity index (χ0n) is 9.27. The summed E-state index contributed by atoms with van der Waals surface area (Å²) in [4.78, 5) is 19.6. The van der Waals surface area contributed by atoms with Crippen molar-refractivity contribution in [3.05, 3.63) is 35.9 Å². The van der Waals surface area contributed by atoms with Gasteiger partial charge in [-0.15, -0.1) is 0 Å². The molecule has 0 radical (unpaired) electrons. The van der Waals surface area contributed by atoms with E-state index in [1.54, 1.807) is 12.1 Å². The molecule has 0 saturated heterocycles. The van der Waals surface area contributed by atoms with Gasteiger partial charge in [-0.2, -0.15) is 0 Å². The average molecular weight is 208 g/mol. The molecule has 0 bridgehead atoms. The summed E-state index contributed by atoms with van der Waals surface area (Å²) >= 11 is 0. The number of aldehydes is 1. The van der Waals surface area contributed by atoms with Gasteiger partial charge in [0.1, 0.15) is 11.9 Å². The zero-order valence-corrected chi connectivity index (χ0v) is 9.27. The molecule has 3 heteroatoms. The van der Waals surface area contributed by atoms with Crippen LogP contribution in [-0.2, 0) is 9.53 Å². The summed E-state index contributed by atoms with van der Waals surface area (Å²) in [5, 5.41) is 0. The second kappa shape index (κ2) is 6.76. The fraction of sp³-hybridized carbons (Fsp3) is 0.333. The number of rotatable bonds is 2. The molecular formula is C12H16O3. The van der Waals surface area contributed by atoms with Gasteiger partial charge in [0.25, 0.3) is 6.47 Å². The Morgan fingerprint density at radius 2 is 1.60 bits per heavy atom. The van der Waals surface area contributed by atoms with Crippen LogP contribution in [-0.4, -0.2) is 18.4 Å². The van der Waals surface area contributed by atoms with Crippen LogP contribution in [0.25, 0.3) is 0 Å². The molecule has 0 aliphatic rings. The van der Waals surface area contributed by atoms with Crippen molar-refractivity contribution in [1.82, 2.24) is 0 Å². The van der Waals surface area contributed by atoms with Gasteiger partial charge in [0.2, 0.25) is 0 Å². The van der Waals surface area contributed by atoms with Gasteiger partial charge in [-0.1, -0.05) is 30.3 Å². The number of hydrogen-bond donors (Lipinski definition) is 0. The molecule has 0 aliphatic carbocycles. The van der Waals surface area contributed by atoms with E-state index < -0.39 is 0 Å². The first-order chi connectivity index (χ1) is 6.99. The van der Waals surface area contributed by atoms with E-state index in [2.05, 4.69) is 4.74 Å². The fourth-order valence-electron chi connectivity index (χ4n) is 0.676. The molecule has 82 valence electrons. The second-order valence-corrected chi connectivity index (χ2v) is 3.85. The summed E-state index contributed by atoms with van der Waals surface area (Å²) in [5.41, 5.74) is 0.411. The first kappa shape index (κ1) is 13.4. The Morgan fingerprint density at radius 1 is 1.07 bits per heavy atom. The summed E-state index contributed by atoms with van der Waals surface area (Å²) in [5.74, 6) is 0. The Labute approximate surface area is 90.1 Å². The summed E-state index contributed by atoms with van der Waals surface area (Å²) in [6.45, 7) is 5.92. The number of hydrogen-bond acceptors (Lipinski definition) is 3. The molecule has 1 aromatic rings. The first-order valence-electron chi connectivity index (χ1n) is 4.61. The number of ether oxygens (including phenoxy) is 1. The van der Waals surface area contributed by atoms with Crippen LogP contribution in [0.3, 0.4) is 0 Å². The lowest BCUT2D eigenvalue weighted by Crippen LogP contribution is -2.17. The normalized spacial score (nSPS) is 9.53. The molecule has 1 rings (SSSR count). The van der Waals surface area contributed by atoms with Crippen LogP contribution < -0.4 is 0 Å². The molecule has 0 saturated carbocycles. The van der Waals surface area contributed by atoms with E-state index in [9.17, 15) is 9.59 Å². The predicted octanol–water partition coefficient (Wildman–Crippen LogP) is 2.46. The maximum atomic E-state index is 10.0. The molecule has 0 fully saturated rings. The van der Waals surface area contributed by atoms with Gasteiger partial charge in [0.05, 0.1) is 0 Å². The van der Waals surface area contributed by atoms with E-state index in [1.165, 1.54) is 0 Å². The molecule has 0 atom stereocenters. The largest absolute Gasteiger partial charge is 0.462 e. The van der Waals surface area contributed by atoms with Gasteiger partial charge in [-0.3, -0.25) is 9.59 Å². The SMILES string of the molecule is CC(C)(C)OC=O.O=Cc1ccccc1. The minimum atomic E-state index is -0.318. The van der Waals surface area contributed by atoms with E-state index in [4.69, 9.17) is 0 Å². The standard InChI is InChI=1S/C7H6O.C5H10O2/c8-6-7-4-2-1-3-5-7;1-5(2,3)7-4-6/h1-6H;4H,1-3H3. The third-order valence-electron chi connectivity index (χ3n) is 1.34. The third-order valence-corrected chi connectivity index (χ3v) is 1.34. The van der Waals surface area contributed by atoms with Crippen molar-refractivity contribution in [2.24, 2.45) is 0 Å².